The molecule has 2 aromatic heterocycles. The molecule has 6 nitrogen and oxygen atoms in total. The summed E-state index contributed by atoms with van der Waals surface area (Å²) in [6, 6.07) is 11.6. The number of aryl methyl sites for hydroxylation is 1. The van der Waals surface area contributed by atoms with Gasteiger partial charge in [-0.1, -0.05) is 11.6 Å². The van der Waals surface area contributed by atoms with Crippen molar-refractivity contribution in [3.05, 3.63) is 57.4 Å². The van der Waals surface area contributed by atoms with Gasteiger partial charge in [0.1, 0.15) is 5.75 Å². The molecule has 1 aromatic carbocycles. The molecule has 0 spiro atoms. The number of aliphatic hydroxyl groups excluding tert-OH is 1. The Kier molecular flexibility index (Phi) is 9.60. The molecule has 4 rings (SSSR count). The summed E-state index contributed by atoms with van der Waals surface area (Å²) in [5.41, 5.74) is 1.67. The molecule has 1 aliphatic rings. The maximum absolute atomic E-state index is 11.6. The van der Waals surface area contributed by atoms with Crippen molar-refractivity contribution in [3.63, 3.8) is 0 Å². The van der Waals surface area contributed by atoms with Crippen molar-refractivity contribution in [2.45, 2.75) is 51.0 Å². The normalized spacial score (nSPS) is 19.4. The fraction of sp³-hybridized carbons (Fsp3) is 0.500. The third kappa shape index (κ3) is 7.19. The number of thiophene rings is 1. The first-order chi connectivity index (χ1) is 17.4. The highest BCUT2D eigenvalue weighted by molar-refractivity contribution is 7.16. The quantitative estimate of drug-likeness (QED) is 0.271. The first-order valence-corrected chi connectivity index (χ1v) is 13.9. The number of aliphatic hydroxyl groups is 1. The lowest BCUT2D eigenvalue weighted by Gasteiger charge is -2.38. The molecule has 2 N–H and O–H groups in total. The molecule has 0 radical (unpaired) electrons. The highest BCUT2D eigenvalue weighted by Crippen LogP contribution is 2.35. The van der Waals surface area contributed by atoms with Crippen molar-refractivity contribution in [1.82, 2.24) is 9.88 Å². The van der Waals surface area contributed by atoms with Gasteiger partial charge in [-0.3, -0.25) is 9.78 Å². The number of piperidine rings is 1. The van der Waals surface area contributed by atoms with E-state index in [9.17, 15) is 15.0 Å². The van der Waals surface area contributed by atoms with Crippen molar-refractivity contribution < 1.29 is 19.7 Å². The van der Waals surface area contributed by atoms with E-state index in [2.05, 4.69) is 16.0 Å². The van der Waals surface area contributed by atoms with Gasteiger partial charge >= 0.3 is 5.97 Å². The number of unbranched alkanes of at least 4 members (excludes halogenated alkanes) is 1. The summed E-state index contributed by atoms with van der Waals surface area (Å²) in [5.74, 6) is 0.392. The number of pyridine rings is 1. The molecule has 1 saturated heterocycles. The standard InChI is InChI=1S/C28H35ClN2O4S/c1-35-21-6-8-25-24(17-21)23(11-13-30-25)26(32)9-5-19-12-15-31(18-20(19)16-28(33)34)14-3-2-4-22-7-10-27(29)36-22/h6-8,10-11,13,17,19-20,26,32H,2-5,9,12,14-16,18H2,1H3,(H,33,34)/t19-,20+,26?/m1/s1. The summed E-state index contributed by atoms with van der Waals surface area (Å²) in [5, 5.41) is 21.5. The van der Waals surface area contributed by atoms with Gasteiger partial charge in [-0.25, -0.2) is 0 Å². The van der Waals surface area contributed by atoms with Crippen molar-refractivity contribution in [3.8, 4) is 5.75 Å². The van der Waals surface area contributed by atoms with Gasteiger partial charge < -0.3 is 19.8 Å². The van der Waals surface area contributed by atoms with Crippen LogP contribution in [0.3, 0.4) is 0 Å². The van der Waals surface area contributed by atoms with Crippen LogP contribution in [0.5, 0.6) is 5.75 Å². The maximum atomic E-state index is 11.6. The Balaban J connectivity index is 1.31. The lowest BCUT2D eigenvalue weighted by Crippen LogP contribution is -2.41. The second-order valence-electron chi connectivity index (χ2n) is 9.75. The molecular weight excluding hydrogens is 496 g/mol. The summed E-state index contributed by atoms with van der Waals surface area (Å²) < 4.78 is 6.20. The lowest BCUT2D eigenvalue weighted by molar-refractivity contribution is -0.139. The third-order valence-corrected chi connectivity index (χ3v) is 8.63. The van der Waals surface area contributed by atoms with Gasteiger partial charge in [-0.05, 0) is 105 Å². The number of ether oxygens (including phenoxy) is 1. The summed E-state index contributed by atoms with van der Waals surface area (Å²) >= 11 is 7.67. The van der Waals surface area contributed by atoms with Crippen LogP contribution in [0.15, 0.2) is 42.6 Å². The number of nitrogens with zero attached hydrogens (tertiary/aromatic N) is 2. The zero-order valence-corrected chi connectivity index (χ0v) is 22.3. The number of hydrogen-bond donors (Lipinski definition) is 2. The van der Waals surface area contributed by atoms with Crippen LogP contribution in [0.2, 0.25) is 4.34 Å². The predicted octanol–water partition coefficient (Wildman–Crippen LogP) is 6.21. The van der Waals surface area contributed by atoms with E-state index in [4.69, 9.17) is 16.3 Å². The van der Waals surface area contributed by atoms with Crippen molar-refractivity contribution >= 4 is 39.8 Å². The molecule has 1 unspecified atom stereocenters. The average molecular weight is 531 g/mol. The van der Waals surface area contributed by atoms with Gasteiger partial charge in [0.15, 0.2) is 0 Å². The highest BCUT2D eigenvalue weighted by Gasteiger charge is 2.31. The van der Waals surface area contributed by atoms with Crippen molar-refractivity contribution in [2.24, 2.45) is 11.8 Å². The second kappa shape index (κ2) is 12.9. The first-order valence-electron chi connectivity index (χ1n) is 12.7. The Bertz CT molecular complexity index is 1150. The SMILES string of the molecule is COc1ccc2nccc(C(O)CC[C@@H]3CCN(CCCCc4ccc(Cl)s4)C[C@@H]3CC(=O)O)c2c1. The van der Waals surface area contributed by atoms with Crippen LogP contribution in [-0.4, -0.2) is 52.8 Å². The Morgan fingerprint density at radius 1 is 1.25 bits per heavy atom. The number of aliphatic carboxylic acids is 1. The Morgan fingerprint density at radius 3 is 2.86 bits per heavy atom. The van der Waals surface area contributed by atoms with Crippen LogP contribution < -0.4 is 4.74 Å². The van der Waals surface area contributed by atoms with E-state index >= 15 is 0 Å². The van der Waals surface area contributed by atoms with Crippen LogP contribution in [-0.2, 0) is 11.2 Å². The van der Waals surface area contributed by atoms with E-state index in [1.807, 2.05) is 30.3 Å². The van der Waals surface area contributed by atoms with E-state index in [1.165, 1.54) is 4.88 Å². The minimum absolute atomic E-state index is 0.105. The minimum Gasteiger partial charge on any atom is -0.497 e. The van der Waals surface area contributed by atoms with Crippen LogP contribution in [0, 0.1) is 11.8 Å². The smallest absolute Gasteiger partial charge is 0.303 e. The topological polar surface area (TPSA) is 82.9 Å². The highest BCUT2D eigenvalue weighted by atomic mass is 35.5. The molecule has 3 heterocycles. The van der Waals surface area contributed by atoms with Gasteiger partial charge in [0.2, 0.25) is 0 Å². The summed E-state index contributed by atoms with van der Waals surface area (Å²) in [6.07, 6.45) is 6.90. The largest absolute Gasteiger partial charge is 0.497 e. The molecule has 36 heavy (non-hydrogen) atoms. The first kappa shape index (κ1) is 26.9. The fourth-order valence-corrected chi connectivity index (χ4v) is 6.54. The summed E-state index contributed by atoms with van der Waals surface area (Å²) in [7, 11) is 1.63. The van der Waals surface area contributed by atoms with Crippen LogP contribution in [0.1, 0.15) is 55.1 Å². The fourth-order valence-electron chi connectivity index (χ4n) is 5.41. The molecular formula is C28H35ClN2O4S. The minimum atomic E-state index is -0.741. The molecule has 1 aliphatic heterocycles. The number of halogens is 1. The molecule has 194 valence electrons. The number of carboxylic acids is 1. The summed E-state index contributed by atoms with van der Waals surface area (Å²) in [6.45, 7) is 2.79. The maximum Gasteiger partial charge on any atom is 0.303 e. The van der Waals surface area contributed by atoms with Gasteiger partial charge in [-0.15, -0.1) is 11.3 Å². The number of aromatic nitrogens is 1. The van der Waals surface area contributed by atoms with Gasteiger partial charge in [-0.2, -0.15) is 0 Å². The van der Waals surface area contributed by atoms with Crippen LogP contribution in [0.25, 0.3) is 10.9 Å². The summed E-state index contributed by atoms with van der Waals surface area (Å²) in [4.78, 5) is 19.8. The van der Waals surface area contributed by atoms with Crippen molar-refractivity contribution in [1.29, 1.82) is 0 Å². The van der Waals surface area contributed by atoms with E-state index < -0.39 is 12.1 Å². The molecule has 8 heteroatoms. The molecule has 0 bridgehead atoms. The number of methoxy groups -OCH3 is 1. The monoisotopic (exact) mass is 530 g/mol. The zero-order valence-electron chi connectivity index (χ0n) is 20.7. The van der Waals surface area contributed by atoms with Gasteiger partial charge in [0.05, 0.1) is 23.1 Å². The van der Waals surface area contributed by atoms with Crippen LogP contribution >= 0.6 is 22.9 Å². The third-order valence-electron chi connectivity index (χ3n) is 7.34. The van der Waals surface area contributed by atoms with E-state index in [1.54, 1.807) is 24.6 Å². The zero-order chi connectivity index (χ0) is 25.5. The Hall–Kier alpha value is -2.19. The number of hydrogen-bond acceptors (Lipinski definition) is 6. The Morgan fingerprint density at radius 2 is 2.11 bits per heavy atom. The number of benzene rings is 1. The van der Waals surface area contributed by atoms with E-state index in [0.29, 0.717) is 12.3 Å². The molecule has 3 aromatic rings. The predicted molar refractivity (Wildman–Crippen MR) is 145 cm³/mol. The molecule has 0 saturated carbocycles. The number of carboxylic acid groups (broad SMARTS) is 1. The van der Waals surface area contributed by atoms with Gasteiger partial charge in [0, 0.05) is 29.4 Å². The average Bonchev–Trinajstić information content (AvgIpc) is 3.29. The number of likely N-dealkylation sites (tertiary alicyclic amines) is 1. The van der Waals surface area contributed by atoms with Crippen LogP contribution in [0.4, 0.5) is 0 Å². The molecule has 0 aliphatic carbocycles. The van der Waals surface area contributed by atoms with E-state index in [-0.39, 0.29) is 12.3 Å². The van der Waals surface area contributed by atoms with Gasteiger partial charge in [0.25, 0.3) is 0 Å². The molecule has 1 fully saturated rings. The number of carbonyl (C=O) groups is 1. The Labute approximate surface area is 221 Å². The second-order valence-corrected chi connectivity index (χ2v) is 11.5. The lowest BCUT2D eigenvalue weighted by atomic mass is 9.79. The van der Waals surface area contributed by atoms with E-state index in [0.717, 1.165) is 78.3 Å². The van der Waals surface area contributed by atoms with Crippen molar-refractivity contribution in [2.75, 3.05) is 26.7 Å². The number of rotatable bonds is 12. The molecule has 0 amide bonds. The molecule has 3 atom stereocenters. The number of fused-ring (bicyclic) bond motifs is 1.